The van der Waals surface area contributed by atoms with Crippen LogP contribution < -0.4 is 36.0 Å². The summed E-state index contributed by atoms with van der Waals surface area (Å²) in [6, 6.07) is 89.2. The first-order valence-corrected chi connectivity index (χ1v) is 25.7. The Morgan fingerprint density at radius 1 is 0.293 bits per heavy atom. The van der Waals surface area contributed by atoms with Gasteiger partial charge in [0.15, 0.2) is 0 Å². The lowest BCUT2D eigenvalue weighted by Crippen LogP contribution is -2.61. The lowest BCUT2D eigenvalue weighted by molar-refractivity contribution is 0.669. The minimum absolute atomic E-state index is 0.165. The van der Waals surface area contributed by atoms with Crippen LogP contribution in [-0.2, 0) is 0 Å². The number of rotatable bonds is 8. The molecule has 0 aliphatic carbocycles. The number of fused-ring (bicyclic) bond motifs is 10. The number of benzene rings is 11. The minimum atomic E-state index is -0.165. The summed E-state index contributed by atoms with van der Waals surface area (Å²) < 4.78 is 14.2. The van der Waals surface area contributed by atoms with E-state index in [1.165, 1.54) is 27.5 Å². The monoisotopic (exact) mass is 962 g/mol. The van der Waals surface area contributed by atoms with Gasteiger partial charge in [0.05, 0.1) is 0 Å². The van der Waals surface area contributed by atoms with Gasteiger partial charge in [0.25, 0.3) is 6.71 Å². The summed E-state index contributed by atoms with van der Waals surface area (Å²) in [4.78, 5) is 9.56. The Morgan fingerprint density at radius 2 is 0.640 bits per heavy atom. The maximum atomic E-state index is 7.10. The van der Waals surface area contributed by atoms with Crippen LogP contribution in [0.3, 0.4) is 0 Å². The molecule has 0 saturated heterocycles. The summed E-state index contributed by atoms with van der Waals surface area (Å²) in [6.45, 7) is 4.26. The molecule has 4 heterocycles. The molecule has 15 rings (SSSR count). The summed E-state index contributed by atoms with van der Waals surface area (Å²) in [5, 5.41) is 4.28. The summed E-state index contributed by atoms with van der Waals surface area (Å²) in [5.74, 6) is 0. The maximum Gasteiger partial charge on any atom is 0.252 e. The predicted octanol–water partition coefficient (Wildman–Crippen LogP) is 17.1. The first kappa shape index (κ1) is 42.9. The smallest absolute Gasteiger partial charge is 0.252 e. The number of nitrogens with zero attached hydrogens (tertiary/aromatic N) is 4. The van der Waals surface area contributed by atoms with Crippen molar-refractivity contribution in [2.24, 2.45) is 0 Å². The molecule has 354 valence electrons. The molecule has 0 spiro atoms. The third-order valence-corrected chi connectivity index (χ3v) is 15.4. The van der Waals surface area contributed by atoms with E-state index in [9.17, 15) is 0 Å². The number of aryl methyl sites for hydroxylation is 2. The maximum absolute atomic E-state index is 7.10. The summed E-state index contributed by atoms with van der Waals surface area (Å²) in [6.07, 6.45) is 0. The van der Waals surface area contributed by atoms with Crippen molar-refractivity contribution in [2.45, 2.75) is 13.8 Å². The standard InChI is InChI=1S/C68H47BN4O2/c1-44-20-15-17-30-58(44)72-60-32-19-33-61-68(60)69(56-42-66-54(40-62(56)72)52-36-34-50(38-64(52)74-66)70(46-22-7-3-8-23-46)47-24-9-4-10-25-47)57-43-67-55(41-63(57)73(61)59-31-18-16-21-45(59)2)53-37-35-51(39-65(53)75-67)71(48-26-11-5-12-27-48)49-28-13-6-14-29-49/h3-43H,1-2H3. The van der Waals surface area contributed by atoms with Crippen molar-refractivity contribution in [3.63, 3.8) is 0 Å². The highest BCUT2D eigenvalue weighted by atomic mass is 16.3. The van der Waals surface area contributed by atoms with Gasteiger partial charge in [-0.3, -0.25) is 0 Å². The van der Waals surface area contributed by atoms with Crippen molar-refractivity contribution in [3.8, 4) is 0 Å². The highest BCUT2D eigenvalue weighted by Crippen LogP contribution is 2.49. The van der Waals surface area contributed by atoms with Gasteiger partial charge in [0.1, 0.15) is 22.3 Å². The Balaban J connectivity index is 0.969. The molecule has 0 atom stereocenters. The van der Waals surface area contributed by atoms with E-state index in [1.54, 1.807) is 0 Å². The summed E-state index contributed by atoms with van der Waals surface area (Å²) in [5.41, 5.74) is 22.5. The van der Waals surface area contributed by atoms with Gasteiger partial charge >= 0.3 is 0 Å². The van der Waals surface area contributed by atoms with Crippen LogP contribution in [0.1, 0.15) is 11.1 Å². The van der Waals surface area contributed by atoms with Crippen molar-refractivity contribution < 1.29 is 8.83 Å². The quantitative estimate of drug-likeness (QED) is 0.141. The average Bonchev–Trinajstić information content (AvgIpc) is 4.05. The Morgan fingerprint density at radius 3 is 1.03 bits per heavy atom. The number of anilines is 12. The third kappa shape index (κ3) is 6.75. The van der Waals surface area contributed by atoms with Crippen molar-refractivity contribution in [1.29, 1.82) is 0 Å². The zero-order valence-corrected chi connectivity index (χ0v) is 41.4. The topological polar surface area (TPSA) is 39.2 Å². The minimum Gasteiger partial charge on any atom is -0.456 e. The molecule has 2 aliphatic rings. The molecule has 0 saturated carbocycles. The Labute approximate surface area is 435 Å². The fourth-order valence-electron chi connectivity index (χ4n) is 12.1. The molecule has 7 heteroatoms. The summed E-state index contributed by atoms with van der Waals surface area (Å²) >= 11 is 0. The van der Waals surface area contributed by atoms with E-state index in [2.05, 4.69) is 282 Å². The van der Waals surface area contributed by atoms with Crippen LogP contribution in [0, 0.1) is 13.8 Å². The molecular weight excluding hydrogens is 916 g/mol. The van der Waals surface area contributed by atoms with Crippen LogP contribution in [0.5, 0.6) is 0 Å². The highest BCUT2D eigenvalue weighted by Gasteiger charge is 2.44. The van der Waals surface area contributed by atoms with E-state index in [1.807, 2.05) is 0 Å². The van der Waals surface area contributed by atoms with E-state index in [-0.39, 0.29) is 6.71 Å². The molecule has 6 nitrogen and oxygen atoms in total. The molecule has 75 heavy (non-hydrogen) atoms. The Bertz CT molecular complexity index is 4010. The predicted molar refractivity (Wildman–Crippen MR) is 314 cm³/mol. The normalized spacial score (nSPS) is 12.6. The third-order valence-electron chi connectivity index (χ3n) is 15.4. The number of para-hydroxylation sites is 6. The lowest BCUT2D eigenvalue weighted by Gasteiger charge is -2.44. The molecule has 11 aromatic carbocycles. The van der Waals surface area contributed by atoms with E-state index in [4.69, 9.17) is 8.83 Å². The van der Waals surface area contributed by atoms with Crippen LogP contribution in [-0.4, -0.2) is 6.71 Å². The highest BCUT2D eigenvalue weighted by molar-refractivity contribution is 7.00. The van der Waals surface area contributed by atoms with Gasteiger partial charge in [-0.2, -0.15) is 0 Å². The Hall–Kier alpha value is -9.72. The molecule has 0 unspecified atom stereocenters. The van der Waals surface area contributed by atoms with Crippen LogP contribution in [0.25, 0.3) is 43.9 Å². The van der Waals surface area contributed by atoms with E-state index in [0.29, 0.717) is 0 Å². The second-order valence-corrected chi connectivity index (χ2v) is 19.8. The second kappa shape index (κ2) is 16.9. The van der Waals surface area contributed by atoms with Crippen molar-refractivity contribution in [2.75, 3.05) is 19.6 Å². The largest absolute Gasteiger partial charge is 0.456 e. The first-order chi connectivity index (χ1) is 37.0. The molecule has 0 N–H and O–H groups in total. The van der Waals surface area contributed by atoms with Crippen LogP contribution in [0.2, 0.25) is 0 Å². The van der Waals surface area contributed by atoms with Crippen LogP contribution in [0.15, 0.2) is 258 Å². The van der Waals surface area contributed by atoms with Crippen molar-refractivity contribution in [1.82, 2.24) is 0 Å². The van der Waals surface area contributed by atoms with Gasteiger partial charge in [-0.05, 0) is 163 Å². The van der Waals surface area contributed by atoms with Crippen LogP contribution in [0.4, 0.5) is 68.2 Å². The lowest BCUT2D eigenvalue weighted by atomic mass is 9.33. The van der Waals surface area contributed by atoms with Gasteiger partial charge in [-0.25, -0.2) is 0 Å². The molecule has 0 amide bonds. The van der Waals surface area contributed by atoms with Crippen LogP contribution >= 0.6 is 0 Å². The molecule has 0 fully saturated rings. The van der Waals surface area contributed by atoms with E-state index in [0.717, 1.165) is 112 Å². The average molecular weight is 963 g/mol. The first-order valence-electron chi connectivity index (χ1n) is 25.7. The summed E-state index contributed by atoms with van der Waals surface area (Å²) in [7, 11) is 0. The zero-order valence-electron chi connectivity index (χ0n) is 41.4. The molecule has 2 aliphatic heterocycles. The fourth-order valence-corrected chi connectivity index (χ4v) is 12.1. The molecule has 0 bridgehead atoms. The van der Waals surface area contributed by atoms with Crippen molar-refractivity contribution in [3.05, 3.63) is 260 Å². The SMILES string of the molecule is Cc1ccccc1N1c2cc3c(cc2B2c4cc5oc6cc(N(c7ccccc7)c7ccccc7)ccc6c5cc4N(c4ccccc4C)c4cccc1c42)oc1cc(N(c2ccccc2)c2ccccc2)ccc13. The van der Waals surface area contributed by atoms with Crippen molar-refractivity contribution >= 4 is 135 Å². The molecule has 13 aromatic rings. The van der Waals surface area contributed by atoms with Gasteiger partial charge in [-0.15, -0.1) is 0 Å². The molecule has 2 aromatic heterocycles. The number of hydrogen-bond donors (Lipinski definition) is 0. The number of hydrogen-bond acceptors (Lipinski definition) is 6. The van der Waals surface area contributed by atoms with Gasteiger partial charge < -0.3 is 28.4 Å². The van der Waals surface area contributed by atoms with E-state index >= 15 is 0 Å². The van der Waals surface area contributed by atoms with E-state index < -0.39 is 0 Å². The number of furan rings is 2. The van der Waals surface area contributed by atoms with Gasteiger partial charge in [0.2, 0.25) is 0 Å². The molecular formula is C68H47BN4O2. The second-order valence-electron chi connectivity index (χ2n) is 19.8. The van der Waals surface area contributed by atoms with Gasteiger partial charge in [0, 0.05) is 102 Å². The Kier molecular flexibility index (Phi) is 9.69. The zero-order chi connectivity index (χ0) is 49.7. The molecule has 0 radical (unpaired) electrons. The van der Waals surface area contributed by atoms with Gasteiger partial charge in [-0.1, -0.05) is 115 Å². The fraction of sp³-hybridized carbons (Fsp3) is 0.0294.